The minimum Gasteiger partial charge on any atom is -0.485 e. The van der Waals surface area contributed by atoms with Crippen molar-refractivity contribution >= 4 is 33.3 Å². The second-order valence-corrected chi connectivity index (χ2v) is 8.53. The monoisotopic (exact) mass is 422 g/mol. The maximum absolute atomic E-state index is 6.12. The Morgan fingerprint density at radius 2 is 1.97 bits per heavy atom. The maximum atomic E-state index is 6.12. The Labute approximate surface area is 176 Å². The molecule has 1 atom stereocenters. The smallest absolute Gasteiger partial charge is 0.192 e. The minimum absolute atomic E-state index is 0.311. The molecule has 29 heavy (non-hydrogen) atoms. The zero-order valence-corrected chi connectivity index (χ0v) is 17.2. The van der Waals surface area contributed by atoms with Crippen LogP contribution < -0.4 is 9.47 Å². The van der Waals surface area contributed by atoms with Crippen molar-refractivity contribution in [2.45, 2.75) is 23.6 Å². The van der Waals surface area contributed by atoms with Crippen molar-refractivity contribution in [3.63, 3.8) is 0 Å². The van der Waals surface area contributed by atoms with Crippen molar-refractivity contribution in [3.05, 3.63) is 72.0 Å². The zero-order chi connectivity index (χ0) is 19.6. The van der Waals surface area contributed by atoms with Crippen LogP contribution in [0.1, 0.15) is 16.9 Å². The lowest BCUT2D eigenvalue weighted by molar-refractivity contribution is 0.0821. The molecule has 146 valence electrons. The van der Waals surface area contributed by atoms with Crippen LogP contribution in [0.2, 0.25) is 0 Å². The fourth-order valence-corrected chi connectivity index (χ4v) is 5.12. The maximum Gasteiger partial charge on any atom is 0.192 e. The van der Waals surface area contributed by atoms with E-state index in [2.05, 4.69) is 22.8 Å². The third kappa shape index (κ3) is 3.61. The van der Waals surface area contributed by atoms with Crippen LogP contribution in [0.5, 0.6) is 11.5 Å². The van der Waals surface area contributed by atoms with Crippen molar-refractivity contribution in [1.82, 2.24) is 19.7 Å². The molecule has 0 aliphatic carbocycles. The Kier molecular flexibility index (Phi) is 4.95. The summed E-state index contributed by atoms with van der Waals surface area (Å²) in [5.41, 5.74) is 1.03. The second-order valence-electron chi connectivity index (χ2n) is 6.47. The molecule has 8 heteroatoms. The number of aromatic nitrogens is 4. The molecule has 4 aromatic rings. The van der Waals surface area contributed by atoms with Crippen LogP contribution in [0.3, 0.4) is 0 Å². The molecule has 1 aliphatic heterocycles. The van der Waals surface area contributed by atoms with Gasteiger partial charge in [0.2, 0.25) is 0 Å². The van der Waals surface area contributed by atoms with Gasteiger partial charge in [-0.25, -0.2) is 4.98 Å². The topological polar surface area (TPSA) is 62.1 Å². The average Bonchev–Trinajstić information content (AvgIpc) is 3.36. The van der Waals surface area contributed by atoms with Crippen molar-refractivity contribution in [3.8, 4) is 11.5 Å². The standard InChI is InChI=1S/C21H18N4O2S2/c1-2-11-25-20(17-12-26-15-8-4-5-9-16(15)27-17)23-24-21(25)28-13-19-22-14-7-3-6-10-18(14)29-19/h2-10,17H,1,11-13H2. The van der Waals surface area contributed by atoms with Crippen LogP contribution in [0.15, 0.2) is 66.3 Å². The molecule has 0 amide bonds. The molecule has 2 aromatic carbocycles. The molecule has 2 aromatic heterocycles. The van der Waals surface area contributed by atoms with E-state index in [0.717, 1.165) is 38.8 Å². The average molecular weight is 423 g/mol. The Morgan fingerprint density at radius 1 is 1.14 bits per heavy atom. The van der Waals surface area contributed by atoms with Gasteiger partial charge in [0.25, 0.3) is 0 Å². The second kappa shape index (κ2) is 7.88. The number of thioether (sulfide) groups is 1. The quantitative estimate of drug-likeness (QED) is 0.326. The lowest BCUT2D eigenvalue weighted by Gasteiger charge is -2.26. The summed E-state index contributed by atoms with van der Waals surface area (Å²) in [5, 5.41) is 10.7. The first-order valence-electron chi connectivity index (χ1n) is 9.21. The number of para-hydroxylation sites is 3. The van der Waals surface area contributed by atoms with E-state index >= 15 is 0 Å². The number of ether oxygens (including phenoxy) is 2. The van der Waals surface area contributed by atoms with Crippen molar-refractivity contribution < 1.29 is 9.47 Å². The van der Waals surface area contributed by atoms with Crippen molar-refractivity contribution in [2.24, 2.45) is 0 Å². The van der Waals surface area contributed by atoms with E-state index in [0.29, 0.717) is 13.2 Å². The number of thiazole rings is 1. The highest BCUT2D eigenvalue weighted by atomic mass is 32.2. The number of nitrogens with zero attached hydrogens (tertiary/aromatic N) is 4. The van der Waals surface area contributed by atoms with Gasteiger partial charge >= 0.3 is 0 Å². The van der Waals surface area contributed by atoms with E-state index in [4.69, 9.17) is 14.5 Å². The fourth-order valence-electron chi connectivity index (χ4n) is 3.20. The summed E-state index contributed by atoms with van der Waals surface area (Å²) in [5.74, 6) is 2.95. The molecule has 0 spiro atoms. The fraction of sp³-hybridized carbons (Fsp3) is 0.190. The van der Waals surface area contributed by atoms with Gasteiger partial charge in [-0.15, -0.1) is 28.1 Å². The van der Waals surface area contributed by atoms with Crippen LogP contribution in [0, 0.1) is 0 Å². The van der Waals surface area contributed by atoms with Gasteiger partial charge < -0.3 is 9.47 Å². The van der Waals surface area contributed by atoms with Gasteiger partial charge in [0.05, 0.1) is 16.0 Å². The van der Waals surface area contributed by atoms with Gasteiger partial charge in [0, 0.05) is 6.54 Å². The van der Waals surface area contributed by atoms with Crippen molar-refractivity contribution in [1.29, 1.82) is 0 Å². The summed E-state index contributed by atoms with van der Waals surface area (Å²) in [4.78, 5) is 4.70. The normalized spacial score (nSPS) is 15.5. The Hall–Kier alpha value is -2.84. The summed E-state index contributed by atoms with van der Waals surface area (Å²) in [6.45, 7) is 4.88. The van der Waals surface area contributed by atoms with Crippen LogP contribution >= 0.6 is 23.1 Å². The van der Waals surface area contributed by atoms with Gasteiger partial charge in [0.1, 0.15) is 11.6 Å². The molecular weight excluding hydrogens is 404 g/mol. The molecule has 3 heterocycles. The molecule has 6 nitrogen and oxygen atoms in total. The molecule has 0 saturated carbocycles. The highest BCUT2D eigenvalue weighted by molar-refractivity contribution is 7.98. The van der Waals surface area contributed by atoms with E-state index in [1.807, 2.05) is 53.1 Å². The molecule has 0 N–H and O–H groups in total. The molecule has 1 unspecified atom stereocenters. The third-order valence-corrected chi connectivity index (χ3v) is 6.71. The first-order chi connectivity index (χ1) is 14.3. The molecular formula is C21H18N4O2S2. The Bertz CT molecular complexity index is 1140. The summed E-state index contributed by atoms with van der Waals surface area (Å²) in [6.07, 6.45) is 1.53. The van der Waals surface area contributed by atoms with E-state index in [1.165, 1.54) is 4.70 Å². The molecule has 5 rings (SSSR count). The number of fused-ring (bicyclic) bond motifs is 2. The van der Waals surface area contributed by atoms with Crippen LogP contribution in [0.25, 0.3) is 10.2 Å². The molecule has 1 aliphatic rings. The van der Waals surface area contributed by atoms with E-state index in [9.17, 15) is 0 Å². The third-order valence-electron chi connectivity index (χ3n) is 4.52. The van der Waals surface area contributed by atoms with Crippen molar-refractivity contribution in [2.75, 3.05) is 6.61 Å². The predicted octanol–water partition coefficient (Wildman–Crippen LogP) is 4.88. The molecule has 0 radical (unpaired) electrons. The number of benzene rings is 2. The van der Waals surface area contributed by atoms with E-state index < -0.39 is 0 Å². The molecule has 0 fully saturated rings. The van der Waals surface area contributed by atoms with Crippen LogP contribution in [-0.2, 0) is 12.3 Å². The van der Waals surface area contributed by atoms with Gasteiger partial charge in [-0.1, -0.05) is 42.1 Å². The van der Waals surface area contributed by atoms with Gasteiger partial charge in [-0.3, -0.25) is 4.57 Å². The van der Waals surface area contributed by atoms with Crippen LogP contribution in [0.4, 0.5) is 0 Å². The summed E-state index contributed by atoms with van der Waals surface area (Å²) >= 11 is 3.33. The first kappa shape index (κ1) is 18.2. The number of allylic oxidation sites excluding steroid dienone is 1. The van der Waals surface area contributed by atoms with Gasteiger partial charge in [-0.2, -0.15) is 0 Å². The number of hydrogen-bond donors (Lipinski definition) is 0. The van der Waals surface area contributed by atoms with E-state index in [1.54, 1.807) is 23.1 Å². The summed E-state index contributed by atoms with van der Waals surface area (Å²) in [6, 6.07) is 15.8. The summed E-state index contributed by atoms with van der Waals surface area (Å²) < 4.78 is 15.2. The highest BCUT2D eigenvalue weighted by Gasteiger charge is 2.28. The molecule has 0 saturated heterocycles. The molecule has 0 bridgehead atoms. The van der Waals surface area contributed by atoms with E-state index in [-0.39, 0.29) is 6.10 Å². The lowest BCUT2D eigenvalue weighted by Crippen LogP contribution is -2.25. The predicted molar refractivity (Wildman–Crippen MR) is 115 cm³/mol. The zero-order valence-electron chi connectivity index (χ0n) is 15.5. The lowest BCUT2D eigenvalue weighted by atomic mass is 10.2. The largest absolute Gasteiger partial charge is 0.485 e. The number of rotatable bonds is 6. The first-order valence-corrected chi connectivity index (χ1v) is 11.0. The minimum atomic E-state index is -0.311. The van der Waals surface area contributed by atoms with Gasteiger partial charge in [-0.05, 0) is 24.3 Å². The summed E-state index contributed by atoms with van der Waals surface area (Å²) in [7, 11) is 0. The SMILES string of the molecule is C=CCn1c(SCc2nc3ccccc3s2)nnc1C1COc2ccccc2O1. The Morgan fingerprint density at radius 3 is 2.83 bits per heavy atom. The van der Waals surface area contributed by atoms with Gasteiger partial charge in [0.15, 0.2) is 28.6 Å². The Balaban J connectivity index is 1.37. The highest BCUT2D eigenvalue weighted by Crippen LogP contribution is 2.36. The number of hydrogen-bond acceptors (Lipinski definition) is 7. The van der Waals surface area contributed by atoms with Crippen LogP contribution in [-0.4, -0.2) is 26.4 Å².